The zero-order valence-corrected chi connectivity index (χ0v) is 11.3. The average molecular weight is 261 g/mol. The van der Waals surface area contributed by atoms with Gasteiger partial charge in [-0.3, -0.25) is 0 Å². The first-order valence-corrected chi connectivity index (χ1v) is 6.65. The van der Waals surface area contributed by atoms with Crippen molar-refractivity contribution >= 4 is 0 Å². The highest BCUT2D eigenvalue weighted by Gasteiger charge is 2.14. The highest BCUT2D eigenvalue weighted by molar-refractivity contribution is 5.46. The summed E-state index contributed by atoms with van der Waals surface area (Å²) in [5.41, 5.74) is 0.681. The number of hydrogen-bond donors (Lipinski definition) is 1. The van der Waals surface area contributed by atoms with Gasteiger partial charge in [-0.25, -0.2) is 9.97 Å². The minimum atomic E-state index is 0.383. The fourth-order valence-corrected chi connectivity index (χ4v) is 1.99. The lowest BCUT2D eigenvalue weighted by Gasteiger charge is -2.14. The number of aromatic nitrogens is 4. The van der Waals surface area contributed by atoms with E-state index in [0.717, 1.165) is 25.8 Å². The van der Waals surface area contributed by atoms with Crippen LogP contribution in [0.3, 0.4) is 0 Å². The molecule has 0 aliphatic heterocycles. The molecule has 0 aromatic carbocycles. The third-order valence-corrected chi connectivity index (χ3v) is 2.83. The summed E-state index contributed by atoms with van der Waals surface area (Å²) < 4.78 is 5.28. The third kappa shape index (κ3) is 3.82. The van der Waals surface area contributed by atoms with Gasteiger partial charge in [0.05, 0.1) is 0 Å². The summed E-state index contributed by atoms with van der Waals surface area (Å²) in [4.78, 5) is 12.3. The van der Waals surface area contributed by atoms with E-state index in [9.17, 15) is 0 Å². The van der Waals surface area contributed by atoms with E-state index in [1.54, 1.807) is 12.3 Å². The van der Waals surface area contributed by atoms with Crippen molar-refractivity contribution in [2.24, 2.45) is 0 Å². The average Bonchev–Trinajstić information content (AvgIpc) is 2.89. The Morgan fingerprint density at radius 1 is 1.37 bits per heavy atom. The van der Waals surface area contributed by atoms with E-state index in [0.29, 0.717) is 23.5 Å². The Morgan fingerprint density at radius 2 is 2.26 bits per heavy atom. The van der Waals surface area contributed by atoms with E-state index in [-0.39, 0.29) is 0 Å². The van der Waals surface area contributed by atoms with Crippen LogP contribution in [0.5, 0.6) is 0 Å². The molecule has 1 unspecified atom stereocenters. The van der Waals surface area contributed by atoms with Gasteiger partial charge < -0.3 is 9.84 Å². The van der Waals surface area contributed by atoms with Gasteiger partial charge in [0.25, 0.3) is 0 Å². The largest absolute Gasteiger partial charge is 0.339 e. The van der Waals surface area contributed by atoms with E-state index in [4.69, 9.17) is 4.52 Å². The second-order valence-corrected chi connectivity index (χ2v) is 4.35. The Hall–Kier alpha value is -1.82. The molecular formula is C13H19N5O. The lowest BCUT2D eigenvalue weighted by atomic mass is 10.1. The molecule has 0 saturated heterocycles. The van der Waals surface area contributed by atoms with Crippen molar-refractivity contribution < 1.29 is 4.52 Å². The highest BCUT2D eigenvalue weighted by atomic mass is 16.5. The Bertz CT molecular complexity index is 479. The molecule has 102 valence electrons. The van der Waals surface area contributed by atoms with Gasteiger partial charge in [0.15, 0.2) is 0 Å². The molecule has 2 aromatic heterocycles. The molecule has 1 atom stereocenters. The standard InChI is InChI=1S/C13H19N5O/c1-3-5-10(15-4-2)8-12-17-13(18-19-12)11-6-7-14-9-16-11/h6-7,9-10,15H,3-5,8H2,1-2H3. The van der Waals surface area contributed by atoms with Gasteiger partial charge in [0.2, 0.25) is 11.7 Å². The number of likely N-dealkylation sites (N-methyl/N-ethyl adjacent to an activating group) is 1. The van der Waals surface area contributed by atoms with Crippen molar-refractivity contribution in [1.29, 1.82) is 0 Å². The predicted octanol–water partition coefficient (Wildman–Crippen LogP) is 1.85. The maximum atomic E-state index is 5.28. The summed E-state index contributed by atoms with van der Waals surface area (Å²) in [7, 11) is 0. The topological polar surface area (TPSA) is 76.7 Å². The van der Waals surface area contributed by atoms with E-state index in [1.165, 1.54) is 6.33 Å². The van der Waals surface area contributed by atoms with Crippen molar-refractivity contribution in [1.82, 2.24) is 25.4 Å². The van der Waals surface area contributed by atoms with Crippen molar-refractivity contribution in [3.05, 3.63) is 24.5 Å². The molecule has 1 N–H and O–H groups in total. The Labute approximate surface area is 112 Å². The van der Waals surface area contributed by atoms with Crippen molar-refractivity contribution in [3.63, 3.8) is 0 Å². The first-order chi connectivity index (χ1) is 9.33. The number of nitrogens with one attached hydrogen (secondary N) is 1. The van der Waals surface area contributed by atoms with Crippen molar-refractivity contribution in [3.8, 4) is 11.5 Å². The van der Waals surface area contributed by atoms with Crippen LogP contribution in [0, 0.1) is 0 Å². The molecule has 2 aromatic rings. The maximum Gasteiger partial charge on any atom is 0.228 e. The zero-order chi connectivity index (χ0) is 13.5. The molecule has 0 radical (unpaired) electrons. The Morgan fingerprint density at radius 3 is 2.95 bits per heavy atom. The van der Waals surface area contributed by atoms with Gasteiger partial charge in [-0.15, -0.1) is 0 Å². The van der Waals surface area contributed by atoms with Gasteiger partial charge >= 0.3 is 0 Å². The molecular weight excluding hydrogens is 242 g/mol. The Kier molecular flexibility index (Phi) is 4.97. The molecule has 0 aliphatic rings. The molecule has 0 saturated carbocycles. The Balaban J connectivity index is 2.04. The van der Waals surface area contributed by atoms with Gasteiger partial charge in [-0.05, 0) is 19.0 Å². The molecule has 6 nitrogen and oxygen atoms in total. The van der Waals surface area contributed by atoms with Crippen LogP contribution < -0.4 is 5.32 Å². The lowest BCUT2D eigenvalue weighted by molar-refractivity contribution is 0.352. The van der Waals surface area contributed by atoms with E-state index >= 15 is 0 Å². The molecule has 0 fully saturated rings. The summed E-state index contributed by atoms with van der Waals surface area (Å²) >= 11 is 0. The van der Waals surface area contributed by atoms with Crippen LogP contribution >= 0.6 is 0 Å². The SMILES string of the molecule is CCCC(Cc1nc(-c2ccncn2)no1)NCC. The second-order valence-electron chi connectivity index (χ2n) is 4.35. The molecule has 19 heavy (non-hydrogen) atoms. The fourth-order valence-electron chi connectivity index (χ4n) is 1.99. The second kappa shape index (κ2) is 6.94. The highest BCUT2D eigenvalue weighted by Crippen LogP contribution is 2.13. The van der Waals surface area contributed by atoms with Crippen LogP contribution in [0.15, 0.2) is 23.1 Å². The lowest BCUT2D eigenvalue weighted by Crippen LogP contribution is -2.30. The molecule has 0 amide bonds. The minimum Gasteiger partial charge on any atom is -0.339 e. The summed E-state index contributed by atoms with van der Waals surface area (Å²) in [5, 5.41) is 7.38. The maximum absolute atomic E-state index is 5.28. The smallest absolute Gasteiger partial charge is 0.228 e. The predicted molar refractivity (Wildman–Crippen MR) is 71.4 cm³/mol. The van der Waals surface area contributed by atoms with Crippen LogP contribution in [-0.4, -0.2) is 32.7 Å². The summed E-state index contributed by atoms with van der Waals surface area (Å²) in [5.74, 6) is 1.16. The van der Waals surface area contributed by atoms with Crippen molar-refractivity contribution in [2.75, 3.05) is 6.54 Å². The molecule has 6 heteroatoms. The van der Waals surface area contributed by atoms with Gasteiger partial charge in [0, 0.05) is 18.7 Å². The molecule has 0 bridgehead atoms. The summed E-state index contributed by atoms with van der Waals surface area (Å²) in [6, 6.07) is 2.15. The molecule has 2 rings (SSSR count). The van der Waals surface area contributed by atoms with Gasteiger partial charge in [0.1, 0.15) is 12.0 Å². The van der Waals surface area contributed by atoms with Crippen LogP contribution in [0.2, 0.25) is 0 Å². The molecule has 0 aliphatic carbocycles. The van der Waals surface area contributed by atoms with Crippen molar-refractivity contribution in [2.45, 2.75) is 39.2 Å². The zero-order valence-electron chi connectivity index (χ0n) is 11.3. The summed E-state index contributed by atoms with van der Waals surface area (Å²) in [6.45, 7) is 5.21. The van der Waals surface area contributed by atoms with Crippen LogP contribution in [0.1, 0.15) is 32.6 Å². The normalized spacial score (nSPS) is 12.5. The van der Waals surface area contributed by atoms with E-state index < -0.39 is 0 Å². The third-order valence-electron chi connectivity index (χ3n) is 2.83. The van der Waals surface area contributed by atoms with Gasteiger partial charge in [-0.1, -0.05) is 25.4 Å². The summed E-state index contributed by atoms with van der Waals surface area (Å²) in [6.07, 6.45) is 6.12. The van der Waals surface area contributed by atoms with Gasteiger partial charge in [-0.2, -0.15) is 4.98 Å². The van der Waals surface area contributed by atoms with Crippen LogP contribution in [-0.2, 0) is 6.42 Å². The first kappa shape index (κ1) is 13.6. The first-order valence-electron chi connectivity index (χ1n) is 6.65. The molecule has 0 spiro atoms. The quantitative estimate of drug-likeness (QED) is 0.819. The number of nitrogens with zero attached hydrogens (tertiary/aromatic N) is 4. The number of rotatable bonds is 7. The van der Waals surface area contributed by atoms with E-state index in [1.807, 2.05) is 0 Å². The molecule has 2 heterocycles. The van der Waals surface area contributed by atoms with E-state index in [2.05, 4.69) is 39.3 Å². The fraction of sp³-hybridized carbons (Fsp3) is 0.538. The van der Waals surface area contributed by atoms with Crippen LogP contribution in [0.25, 0.3) is 11.5 Å². The van der Waals surface area contributed by atoms with Crippen LogP contribution in [0.4, 0.5) is 0 Å². The number of hydrogen-bond acceptors (Lipinski definition) is 6. The monoisotopic (exact) mass is 261 g/mol. The minimum absolute atomic E-state index is 0.383.